The van der Waals surface area contributed by atoms with E-state index in [1.54, 1.807) is 19.1 Å². The first kappa shape index (κ1) is 15.4. The molecule has 0 heterocycles. The zero-order valence-electron chi connectivity index (χ0n) is 11.2. The number of benzene rings is 1. The number of nitro groups is 1. The third-order valence-electron chi connectivity index (χ3n) is 2.86. The minimum atomic E-state index is -0.512. The van der Waals surface area contributed by atoms with E-state index >= 15 is 0 Å². The Morgan fingerprint density at radius 3 is 2.58 bits per heavy atom. The molecule has 0 bridgehead atoms. The Morgan fingerprint density at radius 2 is 2.11 bits per heavy atom. The van der Waals surface area contributed by atoms with Crippen molar-refractivity contribution in [2.24, 2.45) is 0 Å². The van der Waals surface area contributed by atoms with E-state index in [9.17, 15) is 14.9 Å². The van der Waals surface area contributed by atoms with Crippen molar-refractivity contribution in [1.82, 2.24) is 4.90 Å². The molecule has 1 amide bonds. The first-order valence-electron chi connectivity index (χ1n) is 6.01. The van der Waals surface area contributed by atoms with E-state index in [2.05, 4.69) is 0 Å². The van der Waals surface area contributed by atoms with E-state index in [-0.39, 0.29) is 23.2 Å². The van der Waals surface area contributed by atoms with Gasteiger partial charge in [-0.3, -0.25) is 14.9 Å². The van der Waals surface area contributed by atoms with Crippen LogP contribution in [0.15, 0.2) is 18.2 Å². The van der Waals surface area contributed by atoms with E-state index in [0.29, 0.717) is 18.0 Å². The summed E-state index contributed by atoms with van der Waals surface area (Å²) < 4.78 is 0. The van der Waals surface area contributed by atoms with E-state index in [1.165, 1.54) is 11.0 Å². The Kier molecular flexibility index (Phi) is 5.30. The van der Waals surface area contributed by atoms with Crippen LogP contribution >= 0.6 is 11.6 Å². The molecule has 0 fully saturated rings. The van der Waals surface area contributed by atoms with E-state index in [0.717, 1.165) is 0 Å². The lowest BCUT2D eigenvalue weighted by Crippen LogP contribution is -2.38. The van der Waals surface area contributed by atoms with Crippen molar-refractivity contribution in [3.8, 4) is 0 Å². The predicted molar refractivity (Wildman–Crippen MR) is 74.7 cm³/mol. The van der Waals surface area contributed by atoms with Gasteiger partial charge in [0.05, 0.1) is 4.92 Å². The van der Waals surface area contributed by atoms with Gasteiger partial charge >= 0.3 is 0 Å². The molecule has 0 aliphatic heterocycles. The fraction of sp³-hybridized carbons (Fsp3) is 0.462. The zero-order chi connectivity index (χ0) is 14.6. The van der Waals surface area contributed by atoms with Gasteiger partial charge in [0.1, 0.15) is 5.56 Å². The number of rotatable bonds is 5. The number of halogens is 1. The molecule has 0 atom stereocenters. The van der Waals surface area contributed by atoms with Crippen molar-refractivity contribution in [2.45, 2.75) is 26.8 Å². The van der Waals surface area contributed by atoms with Gasteiger partial charge in [0.15, 0.2) is 0 Å². The second-order valence-corrected chi connectivity index (χ2v) is 4.89. The fourth-order valence-electron chi connectivity index (χ4n) is 1.91. The molecule has 0 radical (unpaired) electrons. The first-order valence-corrected chi connectivity index (χ1v) is 6.54. The van der Waals surface area contributed by atoms with Gasteiger partial charge in [-0.25, -0.2) is 0 Å². The van der Waals surface area contributed by atoms with Crippen LogP contribution in [0.1, 0.15) is 29.8 Å². The molecule has 0 aliphatic rings. The van der Waals surface area contributed by atoms with Crippen LogP contribution in [-0.2, 0) is 0 Å². The lowest BCUT2D eigenvalue weighted by Gasteiger charge is -2.26. The maximum absolute atomic E-state index is 12.4. The highest BCUT2D eigenvalue weighted by molar-refractivity contribution is 6.18. The highest BCUT2D eigenvalue weighted by Crippen LogP contribution is 2.25. The average molecular weight is 285 g/mol. The standard InChI is InChI=1S/C13H17ClN2O3/c1-9(2)15(8-7-14)13(17)11-6-4-5-10(3)12(11)16(18)19/h4-6,9H,7-8H2,1-3H3. The molecule has 0 saturated heterocycles. The van der Waals surface area contributed by atoms with E-state index in [4.69, 9.17) is 11.6 Å². The van der Waals surface area contributed by atoms with Gasteiger partial charge in [0, 0.05) is 24.0 Å². The van der Waals surface area contributed by atoms with Gasteiger partial charge in [-0.05, 0) is 26.8 Å². The van der Waals surface area contributed by atoms with Gasteiger partial charge in [-0.1, -0.05) is 12.1 Å². The largest absolute Gasteiger partial charge is 0.335 e. The first-order chi connectivity index (χ1) is 8.90. The molecule has 0 saturated carbocycles. The number of nitrogens with zero attached hydrogens (tertiary/aromatic N) is 2. The maximum Gasteiger partial charge on any atom is 0.285 e. The summed E-state index contributed by atoms with van der Waals surface area (Å²) in [4.78, 5) is 24.5. The summed E-state index contributed by atoms with van der Waals surface area (Å²) in [6.07, 6.45) is 0. The molecule has 0 aromatic heterocycles. The Hall–Kier alpha value is -1.62. The monoisotopic (exact) mass is 284 g/mol. The third kappa shape index (κ3) is 3.44. The van der Waals surface area contributed by atoms with Gasteiger partial charge < -0.3 is 4.90 Å². The molecular weight excluding hydrogens is 268 g/mol. The maximum atomic E-state index is 12.4. The minimum absolute atomic E-state index is 0.0635. The van der Waals surface area contributed by atoms with Crippen LogP contribution in [0.25, 0.3) is 0 Å². The van der Waals surface area contributed by atoms with Crippen molar-refractivity contribution in [1.29, 1.82) is 0 Å². The second kappa shape index (κ2) is 6.52. The molecule has 1 aromatic carbocycles. The van der Waals surface area contributed by atoms with E-state index < -0.39 is 4.92 Å². The lowest BCUT2D eigenvalue weighted by atomic mass is 10.1. The SMILES string of the molecule is Cc1cccc(C(=O)N(CCCl)C(C)C)c1[N+](=O)[O-]. The summed E-state index contributed by atoms with van der Waals surface area (Å²) >= 11 is 5.68. The van der Waals surface area contributed by atoms with Gasteiger partial charge in [-0.15, -0.1) is 11.6 Å². The number of hydrogen-bond acceptors (Lipinski definition) is 3. The molecule has 1 aromatic rings. The topological polar surface area (TPSA) is 63.5 Å². The fourth-order valence-corrected chi connectivity index (χ4v) is 2.10. The molecule has 104 valence electrons. The highest BCUT2D eigenvalue weighted by atomic mass is 35.5. The van der Waals surface area contributed by atoms with Crippen LogP contribution in [0.4, 0.5) is 5.69 Å². The number of carbonyl (C=O) groups excluding carboxylic acids is 1. The molecule has 6 heteroatoms. The van der Waals surface area contributed by atoms with Crippen LogP contribution in [0, 0.1) is 17.0 Å². The molecule has 0 N–H and O–H groups in total. The zero-order valence-corrected chi connectivity index (χ0v) is 12.0. The highest BCUT2D eigenvalue weighted by Gasteiger charge is 2.27. The van der Waals surface area contributed by atoms with Crippen molar-refractivity contribution < 1.29 is 9.72 Å². The predicted octanol–water partition coefficient (Wildman–Crippen LogP) is 2.99. The summed E-state index contributed by atoms with van der Waals surface area (Å²) in [5.74, 6) is -0.0603. The van der Waals surface area contributed by atoms with Crippen LogP contribution in [0.2, 0.25) is 0 Å². The van der Waals surface area contributed by atoms with Crippen LogP contribution in [0.3, 0.4) is 0 Å². The van der Waals surface area contributed by atoms with E-state index in [1.807, 2.05) is 13.8 Å². The third-order valence-corrected chi connectivity index (χ3v) is 3.03. The normalized spacial score (nSPS) is 10.6. The van der Waals surface area contributed by atoms with Crippen LogP contribution < -0.4 is 0 Å². The van der Waals surface area contributed by atoms with Gasteiger partial charge in [-0.2, -0.15) is 0 Å². The summed E-state index contributed by atoms with van der Waals surface area (Å²) in [5, 5.41) is 11.1. The molecule has 19 heavy (non-hydrogen) atoms. The molecular formula is C13H17ClN2O3. The van der Waals surface area contributed by atoms with Crippen molar-refractivity contribution in [3.05, 3.63) is 39.4 Å². The lowest BCUT2D eigenvalue weighted by molar-refractivity contribution is -0.385. The Morgan fingerprint density at radius 1 is 1.47 bits per heavy atom. The number of amides is 1. The quantitative estimate of drug-likeness (QED) is 0.474. The second-order valence-electron chi connectivity index (χ2n) is 4.51. The Labute approximate surface area is 117 Å². The van der Waals surface area contributed by atoms with Crippen molar-refractivity contribution in [2.75, 3.05) is 12.4 Å². The Bertz CT molecular complexity index is 489. The number of para-hydroxylation sites is 1. The number of alkyl halides is 1. The molecule has 1 rings (SSSR count). The molecule has 0 aliphatic carbocycles. The molecule has 0 spiro atoms. The number of nitro benzene ring substituents is 1. The summed E-state index contributed by atoms with van der Waals surface area (Å²) in [6, 6.07) is 4.69. The summed E-state index contributed by atoms with van der Waals surface area (Å²) in [5.41, 5.74) is 0.460. The molecule has 5 nitrogen and oxygen atoms in total. The minimum Gasteiger partial charge on any atom is -0.335 e. The van der Waals surface area contributed by atoms with Gasteiger partial charge in [0.25, 0.3) is 11.6 Å². The summed E-state index contributed by atoms with van der Waals surface area (Å²) in [7, 11) is 0. The number of hydrogen-bond donors (Lipinski definition) is 0. The Balaban J connectivity index is 3.25. The van der Waals surface area contributed by atoms with Crippen molar-refractivity contribution in [3.63, 3.8) is 0 Å². The summed E-state index contributed by atoms with van der Waals surface area (Å²) in [6.45, 7) is 5.69. The smallest absolute Gasteiger partial charge is 0.285 e. The molecule has 0 unspecified atom stereocenters. The number of carbonyl (C=O) groups is 1. The van der Waals surface area contributed by atoms with Crippen LogP contribution in [0.5, 0.6) is 0 Å². The van der Waals surface area contributed by atoms with Crippen LogP contribution in [-0.4, -0.2) is 34.2 Å². The van der Waals surface area contributed by atoms with Crippen molar-refractivity contribution >= 4 is 23.2 Å². The number of aryl methyl sites for hydroxylation is 1. The average Bonchev–Trinajstić information content (AvgIpc) is 2.33. The van der Waals surface area contributed by atoms with Gasteiger partial charge in [0.2, 0.25) is 0 Å².